The second kappa shape index (κ2) is 5.10. The summed E-state index contributed by atoms with van der Waals surface area (Å²) in [5, 5.41) is 8.32. The molecule has 1 aromatic heterocycles. The van der Waals surface area contributed by atoms with E-state index in [-0.39, 0.29) is 0 Å². The fourth-order valence-electron chi connectivity index (χ4n) is 2.22. The van der Waals surface area contributed by atoms with Crippen LogP contribution in [0.15, 0.2) is 6.20 Å². The molecule has 3 nitrogen and oxygen atoms in total. The van der Waals surface area contributed by atoms with Gasteiger partial charge in [0, 0.05) is 12.7 Å². The molecule has 2 rings (SSSR count). The number of hydrogen-bond acceptors (Lipinski definition) is 2. The summed E-state index contributed by atoms with van der Waals surface area (Å²) in [6.07, 6.45) is 8.98. The largest absolute Gasteiger partial charge is 0.252 e. The van der Waals surface area contributed by atoms with Crippen molar-refractivity contribution in [1.29, 1.82) is 0 Å². The van der Waals surface area contributed by atoms with Gasteiger partial charge in [0.25, 0.3) is 0 Å². The Morgan fingerprint density at radius 3 is 2.80 bits per heavy atom. The van der Waals surface area contributed by atoms with E-state index in [1.165, 1.54) is 32.1 Å². The molecular weight excluding hydrogens is 254 g/mol. The molecule has 1 unspecified atom stereocenters. The molecule has 0 aromatic carbocycles. The van der Waals surface area contributed by atoms with E-state index >= 15 is 0 Å². The van der Waals surface area contributed by atoms with Crippen LogP contribution in [0.2, 0.25) is 0 Å². The van der Waals surface area contributed by atoms with Crippen LogP contribution in [0.5, 0.6) is 0 Å². The van der Waals surface area contributed by atoms with Crippen LogP contribution in [0.4, 0.5) is 0 Å². The molecule has 0 bridgehead atoms. The van der Waals surface area contributed by atoms with E-state index in [9.17, 15) is 0 Å². The highest BCUT2D eigenvalue weighted by Crippen LogP contribution is 2.25. The molecule has 1 saturated carbocycles. The first-order chi connectivity index (χ1) is 7.25. The van der Waals surface area contributed by atoms with Crippen molar-refractivity contribution in [2.45, 2.75) is 50.4 Å². The molecule has 0 N–H and O–H groups in total. The highest BCUT2D eigenvalue weighted by molar-refractivity contribution is 9.09. The van der Waals surface area contributed by atoms with Crippen LogP contribution in [-0.4, -0.2) is 15.0 Å². The SMILES string of the molecule is CC(Br)c1cn(CC2CCCCC2)nn1. The Morgan fingerprint density at radius 2 is 2.20 bits per heavy atom. The lowest BCUT2D eigenvalue weighted by Gasteiger charge is -2.20. The van der Waals surface area contributed by atoms with Crippen molar-refractivity contribution in [2.24, 2.45) is 5.92 Å². The fraction of sp³-hybridized carbons (Fsp3) is 0.818. The molecule has 1 aliphatic carbocycles. The lowest BCUT2D eigenvalue weighted by atomic mass is 9.89. The molecule has 0 radical (unpaired) electrons. The normalized spacial score (nSPS) is 20.4. The van der Waals surface area contributed by atoms with E-state index in [1.807, 2.05) is 4.68 Å². The van der Waals surface area contributed by atoms with Gasteiger partial charge in [-0.2, -0.15) is 0 Å². The topological polar surface area (TPSA) is 30.7 Å². The molecule has 84 valence electrons. The Bertz CT molecular complexity index is 303. The molecule has 0 saturated heterocycles. The van der Waals surface area contributed by atoms with Gasteiger partial charge in [-0.25, -0.2) is 0 Å². The van der Waals surface area contributed by atoms with Crippen molar-refractivity contribution in [1.82, 2.24) is 15.0 Å². The van der Waals surface area contributed by atoms with Crippen molar-refractivity contribution in [3.8, 4) is 0 Å². The molecule has 1 heterocycles. The summed E-state index contributed by atoms with van der Waals surface area (Å²) in [6, 6.07) is 0. The van der Waals surface area contributed by atoms with E-state index in [2.05, 4.69) is 39.4 Å². The average Bonchev–Trinajstić information content (AvgIpc) is 2.68. The van der Waals surface area contributed by atoms with Crippen LogP contribution < -0.4 is 0 Å². The van der Waals surface area contributed by atoms with E-state index in [1.54, 1.807) is 0 Å². The van der Waals surface area contributed by atoms with Crippen molar-refractivity contribution in [3.05, 3.63) is 11.9 Å². The molecule has 0 aliphatic heterocycles. The van der Waals surface area contributed by atoms with Crippen LogP contribution in [0, 0.1) is 5.92 Å². The summed E-state index contributed by atoms with van der Waals surface area (Å²) in [5.74, 6) is 0.818. The molecule has 1 fully saturated rings. The molecule has 15 heavy (non-hydrogen) atoms. The predicted octanol–water partition coefficient (Wildman–Crippen LogP) is 3.31. The molecule has 0 amide bonds. The number of aromatic nitrogens is 3. The minimum Gasteiger partial charge on any atom is -0.252 e. The van der Waals surface area contributed by atoms with E-state index in [0.29, 0.717) is 4.83 Å². The zero-order valence-corrected chi connectivity index (χ0v) is 10.8. The third-order valence-electron chi connectivity index (χ3n) is 3.13. The Kier molecular flexibility index (Phi) is 3.78. The Balaban J connectivity index is 1.91. The van der Waals surface area contributed by atoms with Gasteiger partial charge in [-0.15, -0.1) is 5.10 Å². The van der Waals surface area contributed by atoms with Crippen LogP contribution in [-0.2, 0) is 6.54 Å². The highest BCUT2D eigenvalue weighted by Gasteiger charge is 2.15. The van der Waals surface area contributed by atoms with Gasteiger partial charge >= 0.3 is 0 Å². The number of alkyl halides is 1. The smallest absolute Gasteiger partial charge is 0.0960 e. The lowest BCUT2D eigenvalue weighted by Crippen LogP contribution is -2.14. The summed E-state index contributed by atoms with van der Waals surface area (Å²) in [5.41, 5.74) is 1.03. The first kappa shape index (κ1) is 11.1. The van der Waals surface area contributed by atoms with E-state index in [0.717, 1.165) is 18.2 Å². The van der Waals surface area contributed by atoms with Crippen molar-refractivity contribution < 1.29 is 0 Å². The molecular formula is C11H18BrN3. The predicted molar refractivity (Wildman–Crippen MR) is 63.9 cm³/mol. The van der Waals surface area contributed by atoms with Gasteiger partial charge < -0.3 is 0 Å². The summed E-state index contributed by atoms with van der Waals surface area (Å²) < 4.78 is 2.00. The zero-order chi connectivity index (χ0) is 10.7. The standard InChI is InChI=1S/C11H18BrN3/c1-9(12)11-8-15(14-13-11)7-10-5-3-2-4-6-10/h8-10H,2-7H2,1H3. The minimum absolute atomic E-state index is 0.303. The van der Waals surface area contributed by atoms with Gasteiger partial charge in [0.1, 0.15) is 0 Å². The third kappa shape index (κ3) is 3.03. The van der Waals surface area contributed by atoms with E-state index in [4.69, 9.17) is 0 Å². The summed E-state index contributed by atoms with van der Waals surface area (Å²) >= 11 is 3.51. The monoisotopic (exact) mass is 271 g/mol. The molecule has 1 aromatic rings. The van der Waals surface area contributed by atoms with Crippen molar-refractivity contribution in [3.63, 3.8) is 0 Å². The zero-order valence-electron chi connectivity index (χ0n) is 9.19. The third-order valence-corrected chi connectivity index (χ3v) is 3.60. The van der Waals surface area contributed by atoms with E-state index < -0.39 is 0 Å². The maximum Gasteiger partial charge on any atom is 0.0960 e. The van der Waals surface area contributed by atoms with Gasteiger partial charge in [-0.3, -0.25) is 4.68 Å². The molecule has 4 heteroatoms. The second-order valence-electron chi connectivity index (χ2n) is 4.49. The Morgan fingerprint density at radius 1 is 1.47 bits per heavy atom. The first-order valence-electron chi connectivity index (χ1n) is 5.80. The van der Waals surface area contributed by atoms with Crippen molar-refractivity contribution >= 4 is 15.9 Å². The quantitative estimate of drug-likeness (QED) is 0.790. The van der Waals surface area contributed by atoms with Crippen LogP contribution >= 0.6 is 15.9 Å². The number of halogens is 1. The van der Waals surface area contributed by atoms with Crippen LogP contribution in [0.25, 0.3) is 0 Å². The summed E-state index contributed by atoms with van der Waals surface area (Å²) in [6.45, 7) is 3.13. The average molecular weight is 272 g/mol. The highest BCUT2D eigenvalue weighted by atomic mass is 79.9. The molecule has 0 spiro atoms. The van der Waals surface area contributed by atoms with Gasteiger partial charge in [0.15, 0.2) is 0 Å². The van der Waals surface area contributed by atoms with Crippen LogP contribution in [0.1, 0.15) is 49.5 Å². The number of hydrogen-bond donors (Lipinski definition) is 0. The molecule has 1 aliphatic rings. The maximum absolute atomic E-state index is 4.17. The lowest BCUT2D eigenvalue weighted by molar-refractivity contribution is 0.305. The molecule has 1 atom stereocenters. The summed E-state index contributed by atoms with van der Waals surface area (Å²) in [7, 11) is 0. The van der Waals surface area contributed by atoms with Gasteiger partial charge in [0.05, 0.1) is 10.5 Å². The fourth-order valence-corrected chi connectivity index (χ4v) is 2.43. The van der Waals surface area contributed by atoms with Gasteiger partial charge in [0.2, 0.25) is 0 Å². The Hall–Kier alpha value is -0.380. The summed E-state index contributed by atoms with van der Waals surface area (Å²) in [4.78, 5) is 0.303. The second-order valence-corrected chi connectivity index (χ2v) is 5.86. The van der Waals surface area contributed by atoms with Crippen LogP contribution in [0.3, 0.4) is 0 Å². The van der Waals surface area contributed by atoms with Crippen molar-refractivity contribution in [2.75, 3.05) is 0 Å². The minimum atomic E-state index is 0.303. The maximum atomic E-state index is 4.17. The number of nitrogens with zero attached hydrogens (tertiary/aromatic N) is 3. The first-order valence-corrected chi connectivity index (χ1v) is 6.71. The number of rotatable bonds is 3. The van der Waals surface area contributed by atoms with Gasteiger partial charge in [-0.1, -0.05) is 40.4 Å². The van der Waals surface area contributed by atoms with Gasteiger partial charge in [-0.05, 0) is 25.7 Å². The Labute approximate surface area is 99.4 Å².